The number of halogens is 1. The highest BCUT2D eigenvalue weighted by Crippen LogP contribution is 2.44. The maximum Gasteiger partial charge on any atom is 0.226 e. The lowest BCUT2D eigenvalue weighted by atomic mass is 9.86. The third-order valence-electron chi connectivity index (χ3n) is 4.78. The van der Waals surface area contributed by atoms with E-state index in [0.29, 0.717) is 30.3 Å². The van der Waals surface area contributed by atoms with E-state index >= 15 is 0 Å². The Morgan fingerprint density at radius 3 is 2.71 bits per heavy atom. The second-order valence-corrected chi connectivity index (χ2v) is 7.37. The van der Waals surface area contributed by atoms with Gasteiger partial charge in [0.05, 0.1) is 25.6 Å². The van der Waals surface area contributed by atoms with Gasteiger partial charge < -0.3 is 14.8 Å². The third kappa shape index (κ3) is 3.26. The van der Waals surface area contributed by atoms with Gasteiger partial charge in [-0.15, -0.1) is 0 Å². The standard InChI is InChI=1S/C21H20BrN3O3/c1-3-28-20-15(5-4-6-18(20)27-2)16-11-19(26)24-21-17(16)12-23-25(21)14-9-7-13(22)8-10-14/h4-10,12,16H,3,11H2,1-2H3,(H,24,26)/t16-/m1/s1. The van der Waals surface area contributed by atoms with E-state index in [2.05, 4.69) is 26.3 Å². The van der Waals surface area contributed by atoms with Gasteiger partial charge in [0.1, 0.15) is 5.82 Å². The predicted molar refractivity (Wildman–Crippen MR) is 111 cm³/mol. The molecule has 1 amide bonds. The summed E-state index contributed by atoms with van der Waals surface area (Å²) in [6, 6.07) is 13.6. The zero-order valence-corrected chi connectivity index (χ0v) is 17.2. The number of anilines is 1. The first-order valence-electron chi connectivity index (χ1n) is 9.05. The molecule has 1 aromatic heterocycles. The molecule has 4 rings (SSSR count). The van der Waals surface area contributed by atoms with Crippen molar-refractivity contribution in [2.24, 2.45) is 0 Å². The molecule has 0 radical (unpaired) electrons. The number of para-hydroxylation sites is 1. The van der Waals surface area contributed by atoms with Crippen molar-refractivity contribution in [1.82, 2.24) is 9.78 Å². The quantitative estimate of drug-likeness (QED) is 0.631. The molecule has 1 aliphatic heterocycles. The fourth-order valence-corrected chi connectivity index (χ4v) is 3.81. The summed E-state index contributed by atoms with van der Waals surface area (Å²) in [4.78, 5) is 12.5. The van der Waals surface area contributed by atoms with Crippen molar-refractivity contribution in [1.29, 1.82) is 0 Å². The molecule has 7 heteroatoms. The number of nitrogens with one attached hydrogen (secondary N) is 1. The van der Waals surface area contributed by atoms with E-state index in [1.807, 2.05) is 55.6 Å². The fraction of sp³-hybridized carbons (Fsp3) is 0.238. The first-order chi connectivity index (χ1) is 13.6. The normalized spacial score (nSPS) is 15.7. The first kappa shape index (κ1) is 18.6. The minimum Gasteiger partial charge on any atom is -0.493 e. The summed E-state index contributed by atoms with van der Waals surface area (Å²) < 4.78 is 14.1. The van der Waals surface area contributed by atoms with E-state index in [0.717, 1.165) is 21.3 Å². The van der Waals surface area contributed by atoms with E-state index in [1.54, 1.807) is 11.8 Å². The largest absolute Gasteiger partial charge is 0.493 e. The van der Waals surface area contributed by atoms with Crippen molar-refractivity contribution in [2.75, 3.05) is 19.0 Å². The molecular formula is C21H20BrN3O3. The number of fused-ring (bicyclic) bond motifs is 1. The van der Waals surface area contributed by atoms with Gasteiger partial charge in [-0.1, -0.05) is 28.1 Å². The molecule has 6 nitrogen and oxygen atoms in total. The second-order valence-electron chi connectivity index (χ2n) is 6.45. The lowest BCUT2D eigenvalue weighted by Gasteiger charge is -2.26. The van der Waals surface area contributed by atoms with Crippen LogP contribution in [0.3, 0.4) is 0 Å². The van der Waals surface area contributed by atoms with Crippen LogP contribution < -0.4 is 14.8 Å². The number of methoxy groups -OCH3 is 1. The number of ether oxygens (including phenoxy) is 2. The maximum absolute atomic E-state index is 12.5. The number of carbonyl (C=O) groups is 1. The van der Waals surface area contributed by atoms with Gasteiger partial charge in [-0.2, -0.15) is 5.10 Å². The highest BCUT2D eigenvalue weighted by molar-refractivity contribution is 9.10. The van der Waals surface area contributed by atoms with Gasteiger partial charge in [0.25, 0.3) is 0 Å². The number of benzene rings is 2. The number of hydrogen-bond acceptors (Lipinski definition) is 4. The SMILES string of the molecule is CCOc1c(OC)cccc1[C@H]1CC(=O)Nc2c1cnn2-c1ccc(Br)cc1. The van der Waals surface area contributed by atoms with Crippen LogP contribution in [0.15, 0.2) is 53.1 Å². The minimum atomic E-state index is -0.162. The number of aromatic nitrogens is 2. The Bertz CT molecular complexity index is 1010. The van der Waals surface area contributed by atoms with Gasteiger partial charge in [0.15, 0.2) is 11.5 Å². The van der Waals surface area contributed by atoms with Crippen LogP contribution in [0.1, 0.15) is 30.4 Å². The number of hydrogen-bond donors (Lipinski definition) is 1. The topological polar surface area (TPSA) is 65.4 Å². The molecular weight excluding hydrogens is 422 g/mol. The Kier molecular flexibility index (Phi) is 5.09. The molecule has 1 N–H and O–H groups in total. The molecule has 0 aliphatic carbocycles. The van der Waals surface area contributed by atoms with Crippen LogP contribution in [0, 0.1) is 0 Å². The van der Waals surface area contributed by atoms with Crippen molar-refractivity contribution >= 4 is 27.7 Å². The summed E-state index contributed by atoms with van der Waals surface area (Å²) in [5.41, 5.74) is 2.76. The summed E-state index contributed by atoms with van der Waals surface area (Å²) >= 11 is 3.44. The van der Waals surface area contributed by atoms with E-state index in [9.17, 15) is 4.79 Å². The lowest BCUT2D eigenvalue weighted by Crippen LogP contribution is -2.25. The van der Waals surface area contributed by atoms with Crippen LogP contribution in [0.2, 0.25) is 0 Å². The molecule has 2 aromatic carbocycles. The van der Waals surface area contributed by atoms with Gasteiger partial charge in [-0.25, -0.2) is 4.68 Å². The minimum absolute atomic E-state index is 0.0540. The molecule has 0 spiro atoms. The van der Waals surface area contributed by atoms with E-state index in [4.69, 9.17) is 9.47 Å². The van der Waals surface area contributed by atoms with Crippen LogP contribution in [-0.4, -0.2) is 29.4 Å². The summed E-state index contributed by atoms with van der Waals surface area (Å²) in [7, 11) is 1.62. The Morgan fingerprint density at radius 2 is 2.00 bits per heavy atom. The van der Waals surface area contributed by atoms with Crippen molar-refractivity contribution in [3.05, 3.63) is 64.3 Å². The number of rotatable bonds is 5. The van der Waals surface area contributed by atoms with E-state index in [1.165, 1.54) is 0 Å². The van der Waals surface area contributed by atoms with Crippen LogP contribution in [0.4, 0.5) is 5.82 Å². The molecule has 28 heavy (non-hydrogen) atoms. The molecule has 1 aliphatic rings. The Morgan fingerprint density at radius 1 is 1.21 bits per heavy atom. The summed E-state index contributed by atoms with van der Waals surface area (Å²) in [5, 5.41) is 7.52. The molecule has 2 heterocycles. The second kappa shape index (κ2) is 7.67. The molecule has 3 aromatic rings. The van der Waals surface area contributed by atoms with Crippen molar-refractivity contribution in [3.8, 4) is 17.2 Å². The molecule has 0 fully saturated rings. The average molecular weight is 442 g/mol. The molecule has 1 atom stereocenters. The first-order valence-corrected chi connectivity index (χ1v) is 9.85. The fourth-order valence-electron chi connectivity index (χ4n) is 3.54. The lowest BCUT2D eigenvalue weighted by molar-refractivity contribution is -0.116. The zero-order valence-electron chi connectivity index (χ0n) is 15.6. The highest BCUT2D eigenvalue weighted by Gasteiger charge is 2.33. The Balaban J connectivity index is 1.83. The number of nitrogens with zero attached hydrogens (tertiary/aromatic N) is 2. The van der Waals surface area contributed by atoms with Gasteiger partial charge in [-0.3, -0.25) is 4.79 Å². The molecule has 0 unspecified atom stereocenters. The van der Waals surface area contributed by atoms with Gasteiger partial charge in [0, 0.05) is 27.9 Å². The van der Waals surface area contributed by atoms with Crippen LogP contribution in [0.5, 0.6) is 11.5 Å². The van der Waals surface area contributed by atoms with Gasteiger partial charge >= 0.3 is 0 Å². The van der Waals surface area contributed by atoms with Crippen LogP contribution in [-0.2, 0) is 4.79 Å². The molecule has 0 saturated heterocycles. The van der Waals surface area contributed by atoms with Crippen molar-refractivity contribution in [3.63, 3.8) is 0 Å². The monoisotopic (exact) mass is 441 g/mol. The van der Waals surface area contributed by atoms with Gasteiger partial charge in [-0.05, 0) is 37.3 Å². The van der Waals surface area contributed by atoms with Crippen molar-refractivity contribution < 1.29 is 14.3 Å². The van der Waals surface area contributed by atoms with E-state index in [-0.39, 0.29) is 11.8 Å². The van der Waals surface area contributed by atoms with E-state index < -0.39 is 0 Å². The average Bonchev–Trinajstić information content (AvgIpc) is 3.12. The molecule has 0 bridgehead atoms. The molecule has 0 saturated carbocycles. The van der Waals surface area contributed by atoms with Crippen LogP contribution >= 0.6 is 15.9 Å². The summed E-state index contributed by atoms with van der Waals surface area (Å²) in [6.07, 6.45) is 2.14. The third-order valence-corrected chi connectivity index (χ3v) is 5.31. The predicted octanol–water partition coefficient (Wildman–Crippen LogP) is 4.52. The van der Waals surface area contributed by atoms with Crippen molar-refractivity contribution in [2.45, 2.75) is 19.3 Å². The maximum atomic E-state index is 12.5. The number of amides is 1. The zero-order chi connectivity index (χ0) is 19.7. The smallest absolute Gasteiger partial charge is 0.226 e. The Hall–Kier alpha value is -2.80. The summed E-state index contributed by atoms with van der Waals surface area (Å²) in [5.74, 6) is 1.81. The summed E-state index contributed by atoms with van der Waals surface area (Å²) in [6.45, 7) is 2.44. The number of carbonyl (C=O) groups excluding carboxylic acids is 1. The highest BCUT2D eigenvalue weighted by atomic mass is 79.9. The Labute approximate surface area is 171 Å². The van der Waals surface area contributed by atoms with Gasteiger partial charge in [0.2, 0.25) is 5.91 Å². The van der Waals surface area contributed by atoms with Crippen LogP contribution in [0.25, 0.3) is 5.69 Å². The molecule has 144 valence electrons.